The van der Waals surface area contributed by atoms with Gasteiger partial charge in [0.1, 0.15) is 0 Å². The van der Waals surface area contributed by atoms with Gasteiger partial charge in [-0.3, -0.25) is 0 Å². The number of rotatable bonds is 1. The molecule has 2 radical (unpaired) electrons. The lowest BCUT2D eigenvalue weighted by Gasteiger charge is -2.11. The van der Waals surface area contributed by atoms with Crippen LogP contribution >= 0.6 is 0 Å². The minimum absolute atomic E-state index is 1.22. The zero-order chi connectivity index (χ0) is 15.9. The third-order valence-electron chi connectivity index (χ3n) is 4.73. The molecule has 0 N–H and O–H groups in total. The van der Waals surface area contributed by atoms with Crippen LogP contribution in [-0.2, 0) is 0 Å². The lowest BCUT2D eigenvalue weighted by atomic mass is 9.92. The molecule has 0 spiro atoms. The fourth-order valence-corrected chi connectivity index (χ4v) is 3.60. The SMILES string of the molecule is [c]1ccc(-c2ccc3c4cc[c]cc4c4ccccc4c3c2)cc1. The van der Waals surface area contributed by atoms with Crippen LogP contribution in [0.25, 0.3) is 43.4 Å². The highest BCUT2D eigenvalue weighted by atomic mass is 14.1. The van der Waals surface area contributed by atoms with Crippen molar-refractivity contribution in [2.24, 2.45) is 0 Å². The molecule has 5 rings (SSSR count). The zero-order valence-electron chi connectivity index (χ0n) is 13.1. The zero-order valence-corrected chi connectivity index (χ0v) is 13.1. The van der Waals surface area contributed by atoms with E-state index in [1.54, 1.807) is 0 Å². The first-order valence-electron chi connectivity index (χ1n) is 8.12. The lowest BCUT2D eigenvalue weighted by molar-refractivity contribution is 1.64. The Morgan fingerprint density at radius 3 is 1.96 bits per heavy atom. The molecule has 5 aromatic carbocycles. The van der Waals surface area contributed by atoms with Crippen molar-refractivity contribution in [1.29, 1.82) is 0 Å². The molecule has 5 aromatic rings. The summed E-state index contributed by atoms with van der Waals surface area (Å²) in [6, 6.07) is 36.1. The summed E-state index contributed by atoms with van der Waals surface area (Å²) in [6.45, 7) is 0. The largest absolute Gasteiger partial charge is 0.0616 e. The molecular weight excluding hydrogens is 288 g/mol. The second kappa shape index (κ2) is 5.21. The summed E-state index contributed by atoms with van der Waals surface area (Å²) >= 11 is 0. The smallest absolute Gasteiger partial charge is 0.00928 e. The number of benzene rings is 5. The summed E-state index contributed by atoms with van der Waals surface area (Å²) in [4.78, 5) is 0. The molecule has 0 atom stereocenters. The van der Waals surface area contributed by atoms with E-state index in [1.807, 2.05) is 18.2 Å². The highest BCUT2D eigenvalue weighted by Crippen LogP contribution is 2.36. The van der Waals surface area contributed by atoms with Gasteiger partial charge >= 0.3 is 0 Å². The van der Waals surface area contributed by atoms with E-state index >= 15 is 0 Å². The second-order valence-corrected chi connectivity index (χ2v) is 6.07. The normalized spacial score (nSPS) is 11.3. The third-order valence-corrected chi connectivity index (χ3v) is 4.73. The number of hydrogen-bond acceptors (Lipinski definition) is 0. The fourth-order valence-electron chi connectivity index (χ4n) is 3.60. The van der Waals surface area contributed by atoms with E-state index in [4.69, 9.17) is 0 Å². The highest BCUT2D eigenvalue weighted by molar-refractivity contribution is 6.25. The van der Waals surface area contributed by atoms with E-state index in [1.165, 1.54) is 43.4 Å². The first kappa shape index (κ1) is 13.3. The molecule has 0 aliphatic heterocycles. The molecule has 0 aliphatic rings. The molecule has 0 bridgehead atoms. The van der Waals surface area contributed by atoms with Crippen molar-refractivity contribution in [2.45, 2.75) is 0 Å². The molecule has 0 unspecified atom stereocenters. The van der Waals surface area contributed by atoms with Gasteiger partial charge in [-0.2, -0.15) is 0 Å². The molecule has 0 heteroatoms. The molecule has 0 saturated heterocycles. The van der Waals surface area contributed by atoms with E-state index in [9.17, 15) is 0 Å². The van der Waals surface area contributed by atoms with Crippen molar-refractivity contribution in [2.75, 3.05) is 0 Å². The topological polar surface area (TPSA) is 0 Å². The van der Waals surface area contributed by atoms with Gasteiger partial charge in [0.25, 0.3) is 0 Å². The Labute approximate surface area is 141 Å². The van der Waals surface area contributed by atoms with Crippen molar-refractivity contribution in [3.05, 3.63) is 97.1 Å². The van der Waals surface area contributed by atoms with E-state index in [-0.39, 0.29) is 0 Å². The van der Waals surface area contributed by atoms with Crippen LogP contribution in [0.5, 0.6) is 0 Å². The Kier molecular flexibility index (Phi) is 2.89. The van der Waals surface area contributed by atoms with E-state index in [0.29, 0.717) is 0 Å². The third kappa shape index (κ3) is 1.93. The number of hydrogen-bond donors (Lipinski definition) is 0. The standard InChI is InChI=1S/C24H14/c1-2-8-17(9-3-1)18-14-15-23-21-12-5-4-10-19(21)20-11-6-7-13-22(20)24(23)16-18/h2-3,5-16H. The molecule has 0 nitrogen and oxygen atoms in total. The lowest BCUT2D eigenvalue weighted by Crippen LogP contribution is -1.84. The van der Waals surface area contributed by atoms with Gasteiger partial charge in [-0.25, -0.2) is 0 Å². The molecule has 0 saturated carbocycles. The molecule has 0 amide bonds. The molecule has 24 heavy (non-hydrogen) atoms. The minimum Gasteiger partial charge on any atom is -0.0616 e. The van der Waals surface area contributed by atoms with Gasteiger partial charge in [0, 0.05) is 0 Å². The van der Waals surface area contributed by atoms with Gasteiger partial charge in [-0.05, 0) is 67.7 Å². The van der Waals surface area contributed by atoms with Crippen LogP contribution in [0, 0.1) is 12.1 Å². The molecule has 0 heterocycles. The van der Waals surface area contributed by atoms with Crippen LogP contribution in [0.15, 0.2) is 84.9 Å². The van der Waals surface area contributed by atoms with E-state index in [0.717, 1.165) is 0 Å². The van der Waals surface area contributed by atoms with Gasteiger partial charge in [0.05, 0.1) is 0 Å². The molecule has 110 valence electrons. The monoisotopic (exact) mass is 302 g/mol. The van der Waals surface area contributed by atoms with Crippen molar-refractivity contribution in [3.63, 3.8) is 0 Å². The summed E-state index contributed by atoms with van der Waals surface area (Å²) in [5.41, 5.74) is 2.46. The quantitative estimate of drug-likeness (QED) is 0.314. The Morgan fingerprint density at radius 1 is 0.458 bits per heavy atom. The second-order valence-electron chi connectivity index (χ2n) is 6.07. The average Bonchev–Trinajstić information content (AvgIpc) is 2.68. The van der Waals surface area contributed by atoms with E-state index in [2.05, 4.69) is 78.9 Å². The van der Waals surface area contributed by atoms with E-state index < -0.39 is 0 Å². The summed E-state index contributed by atoms with van der Waals surface area (Å²) in [6.07, 6.45) is 0. The Hall–Kier alpha value is -3.12. The molecule has 0 aromatic heterocycles. The fraction of sp³-hybridized carbons (Fsp3) is 0. The highest BCUT2D eigenvalue weighted by Gasteiger charge is 2.09. The van der Waals surface area contributed by atoms with Gasteiger partial charge < -0.3 is 0 Å². The van der Waals surface area contributed by atoms with Gasteiger partial charge in [-0.15, -0.1) is 0 Å². The van der Waals surface area contributed by atoms with Gasteiger partial charge in [0.15, 0.2) is 0 Å². The molecule has 0 aliphatic carbocycles. The van der Waals surface area contributed by atoms with Crippen LogP contribution in [-0.4, -0.2) is 0 Å². The first-order chi connectivity index (χ1) is 11.9. The first-order valence-corrected chi connectivity index (χ1v) is 8.12. The van der Waals surface area contributed by atoms with Gasteiger partial charge in [0.2, 0.25) is 0 Å². The average molecular weight is 302 g/mol. The Morgan fingerprint density at radius 2 is 1.12 bits per heavy atom. The maximum absolute atomic E-state index is 3.23. The van der Waals surface area contributed by atoms with Crippen LogP contribution < -0.4 is 0 Å². The van der Waals surface area contributed by atoms with Gasteiger partial charge in [-0.1, -0.05) is 72.8 Å². The maximum Gasteiger partial charge on any atom is -0.00928 e. The van der Waals surface area contributed by atoms with Crippen LogP contribution in [0.1, 0.15) is 0 Å². The summed E-state index contributed by atoms with van der Waals surface area (Å²) in [5.74, 6) is 0. The summed E-state index contributed by atoms with van der Waals surface area (Å²) in [7, 11) is 0. The van der Waals surface area contributed by atoms with Crippen molar-refractivity contribution < 1.29 is 0 Å². The predicted molar refractivity (Wildman–Crippen MR) is 102 cm³/mol. The number of fused-ring (bicyclic) bond motifs is 6. The maximum atomic E-state index is 3.23. The minimum atomic E-state index is 1.22. The molecular formula is C24H14. The Balaban J connectivity index is 1.96. The molecule has 0 fully saturated rings. The van der Waals surface area contributed by atoms with Crippen LogP contribution in [0.4, 0.5) is 0 Å². The summed E-state index contributed by atoms with van der Waals surface area (Å²) in [5, 5.41) is 7.73. The van der Waals surface area contributed by atoms with Crippen molar-refractivity contribution >= 4 is 32.3 Å². The van der Waals surface area contributed by atoms with Crippen molar-refractivity contribution in [1.82, 2.24) is 0 Å². The van der Waals surface area contributed by atoms with Crippen molar-refractivity contribution in [3.8, 4) is 11.1 Å². The summed E-state index contributed by atoms with van der Waals surface area (Å²) < 4.78 is 0. The van der Waals surface area contributed by atoms with Crippen LogP contribution in [0.3, 0.4) is 0 Å². The Bertz CT molecular complexity index is 1150. The van der Waals surface area contributed by atoms with Crippen LogP contribution in [0.2, 0.25) is 0 Å². The predicted octanol–water partition coefficient (Wildman–Crippen LogP) is 6.41.